The highest BCUT2D eigenvalue weighted by atomic mass is 127. The summed E-state index contributed by atoms with van der Waals surface area (Å²) < 4.78 is 10.7. The number of rotatable bonds is 10. The first-order chi connectivity index (χ1) is 12.3. The molecule has 0 aromatic heterocycles. The van der Waals surface area contributed by atoms with Gasteiger partial charge in [-0.2, -0.15) is 0 Å². The predicted molar refractivity (Wildman–Crippen MR) is 119 cm³/mol. The summed E-state index contributed by atoms with van der Waals surface area (Å²) in [6.45, 7) is 7.96. The van der Waals surface area contributed by atoms with Crippen LogP contribution in [0.1, 0.15) is 44.9 Å². The average Bonchev–Trinajstić information content (AvgIpc) is 3.12. The van der Waals surface area contributed by atoms with Gasteiger partial charge in [-0.15, -0.1) is 24.0 Å². The topological polar surface area (TPSA) is 58.1 Å². The van der Waals surface area contributed by atoms with Crippen LogP contribution >= 0.6 is 24.0 Å². The Balaban J connectivity index is 0.00000338. The maximum Gasteiger partial charge on any atom is 0.190 e. The number of aliphatic imine (C=N–C) groups is 1. The number of guanidine groups is 1. The zero-order valence-corrected chi connectivity index (χ0v) is 19.1. The standard InChI is InChI=1S/C19H38N4O2.HI/c1-20-18(21-10-5-6-11-23-12-15-25-16-13-23)22-17-19(9-14-24-2)7-3-4-8-19;/h3-17H2,1-2H3,(H2,20,21,22);1H. The van der Waals surface area contributed by atoms with Crippen LogP contribution in [-0.2, 0) is 9.47 Å². The van der Waals surface area contributed by atoms with Gasteiger partial charge in [0.15, 0.2) is 5.96 Å². The van der Waals surface area contributed by atoms with Crippen LogP contribution in [0.3, 0.4) is 0 Å². The normalized spacial score (nSPS) is 20.6. The lowest BCUT2D eigenvalue weighted by Crippen LogP contribution is -2.43. The van der Waals surface area contributed by atoms with Crippen molar-refractivity contribution in [1.29, 1.82) is 0 Å². The third kappa shape index (κ3) is 8.71. The number of nitrogens with one attached hydrogen (secondary N) is 2. The molecular weight excluding hydrogens is 443 g/mol. The van der Waals surface area contributed by atoms with E-state index in [1.165, 1.54) is 45.1 Å². The Kier molecular flexibility index (Phi) is 12.8. The Morgan fingerprint density at radius 1 is 1.15 bits per heavy atom. The van der Waals surface area contributed by atoms with Crippen LogP contribution in [0.4, 0.5) is 0 Å². The van der Waals surface area contributed by atoms with Crippen LogP contribution in [0.15, 0.2) is 4.99 Å². The molecule has 1 aliphatic carbocycles. The molecule has 2 aliphatic rings. The highest BCUT2D eigenvalue weighted by Crippen LogP contribution is 2.40. The highest BCUT2D eigenvalue weighted by Gasteiger charge is 2.33. The molecule has 0 unspecified atom stereocenters. The molecule has 0 spiro atoms. The second kappa shape index (κ2) is 14.0. The summed E-state index contributed by atoms with van der Waals surface area (Å²) in [7, 11) is 3.66. The molecule has 0 radical (unpaired) electrons. The maximum atomic E-state index is 5.39. The summed E-state index contributed by atoms with van der Waals surface area (Å²) in [4.78, 5) is 6.88. The van der Waals surface area contributed by atoms with Crippen molar-refractivity contribution in [1.82, 2.24) is 15.5 Å². The Morgan fingerprint density at radius 2 is 1.88 bits per heavy atom. The molecule has 1 heterocycles. The van der Waals surface area contributed by atoms with Crippen LogP contribution < -0.4 is 10.6 Å². The van der Waals surface area contributed by atoms with E-state index in [4.69, 9.17) is 9.47 Å². The first-order valence-electron chi connectivity index (χ1n) is 10.0. The zero-order chi connectivity index (χ0) is 17.8. The van der Waals surface area contributed by atoms with Gasteiger partial charge in [-0.3, -0.25) is 9.89 Å². The van der Waals surface area contributed by atoms with Crippen molar-refractivity contribution in [2.75, 3.05) is 66.7 Å². The van der Waals surface area contributed by atoms with Gasteiger partial charge >= 0.3 is 0 Å². The molecule has 7 heteroatoms. The van der Waals surface area contributed by atoms with Gasteiger partial charge in [-0.05, 0) is 44.1 Å². The molecule has 0 atom stereocenters. The second-order valence-corrected chi connectivity index (χ2v) is 7.46. The third-order valence-electron chi connectivity index (χ3n) is 5.65. The fourth-order valence-electron chi connectivity index (χ4n) is 3.94. The molecule has 2 fully saturated rings. The number of halogens is 1. The Labute approximate surface area is 176 Å². The van der Waals surface area contributed by atoms with Gasteiger partial charge in [0.25, 0.3) is 0 Å². The number of nitrogens with zero attached hydrogens (tertiary/aromatic N) is 2. The van der Waals surface area contributed by atoms with Crippen LogP contribution in [0.2, 0.25) is 0 Å². The van der Waals surface area contributed by atoms with Crippen molar-refractivity contribution in [2.24, 2.45) is 10.4 Å². The Morgan fingerprint density at radius 3 is 2.54 bits per heavy atom. The van der Waals surface area contributed by atoms with E-state index in [-0.39, 0.29) is 24.0 Å². The van der Waals surface area contributed by atoms with E-state index >= 15 is 0 Å². The monoisotopic (exact) mass is 482 g/mol. The van der Waals surface area contributed by atoms with Gasteiger partial charge in [0.05, 0.1) is 13.2 Å². The molecular formula is C19H39IN4O2. The zero-order valence-electron chi connectivity index (χ0n) is 16.7. The molecule has 0 bridgehead atoms. The van der Waals surface area contributed by atoms with Crippen molar-refractivity contribution >= 4 is 29.9 Å². The second-order valence-electron chi connectivity index (χ2n) is 7.46. The van der Waals surface area contributed by atoms with Crippen molar-refractivity contribution < 1.29 is 9.47 Å². The van der Waals surface area contributed by atoms with Crippen molar-refractivity contribution in [3.05, 3.63) is 0 Å². The Hall–Kier alpha value is -0.120. The first-order valence-corrected chi connectivity index (χ1v) is 10.0. The minimum Gasteiger partial charge on any atom is -0.385 e. The lowest BCUT2D eigenvalue weighted by molar-refractivity contribution is 0.0372. The van der Waals surface area contributed by atoms with E-state index in [2.05, 4.69) is 20.5 Å². The Bertz CT molecular complexity index is 384. The number of hydrogen-bond donors (Lipinski definition) is 2. The lowest BCUT2D eigenvalue weighted by Gasteiger charge is -2.30. The summed E-state index contributed by atoms with van der Waals surface area (Å²) in [5.41, 5.74) is 0.393. The molecule has 1 saturated carbocycles. The summed E-state index contributed by atoms with van der Waals surface area (Å²) in [6, 6.07) is 0. The SMILES string of the molecule is CN=C(NCCCCN1CCOCC1)NCC1(CCOC)CCCC1.I. The van der Waals surface area contributed by atoms with Gasteiger partial charge < -0.3 is 20.1 Å². The lowest BCUT2D eigenvalue weighted by atomic mass is 9.83. The van der Waals surface area contributed by atoms with Crippen LogP contribution in [0.5, 0.6) is 0 Å². The summed E-state index contributed by atoms with van der Waals surface area (Å²) >= 11 is 0. The van der Waals surface area contributed by atoms with E-state index in [0.717, 1.165) is 58.4 Å². The van der Waals surface area contributed by atoms with Gasteiger partial charge in [-0.25, -0.2) is 0 Å². The molecule has 0 amide bonds. The van der Waals surface area contributed by atoms with E-state index in [9.17, 15) is 0 Å². The number of methoxy groups -OCH3 is 1. The summed E-state index contributed by atoms with van der Waals surface area (Å²) in [6.07, 6.45) is 8.85. The average molecular weight is 482 g/mol. The highest BCUT2D eigenvalue weighted by molar-refractivity contribution is 14.0. The number of unbranched alkanes of at least 4 members (excludes halogenated alkanes) is 1. The van der Waals surface area contributed by atoms with E-state index in [1.807, 2.05) is 7.05 Å². The molecule has 0 aromatic rings. The van der Waals surface area contributed by atoms with Crippen molar-refractivity contribution in [2.45, 2.75) is 44.9 Å². The van der Waals surface area contributed by atoms with E-state index < -0.39 is 0 Å². The molecule has 1 saturated heterocycles. The van der Waals surface area contributed by atoms with Gasteiger partial charge in [0.1, 0.15) is 0 Å². The van der Waals surface area contributed by atoms with Gasteiger partial charge in [0.2, 0.25) is 0 Å². The predicted octanol–water partition coefficient (Wildman–Crippen LogP) is 2.48. The maximum absolute atomic E-state index is 5.39. The minimum absolute atomic E-state index is 0. The largest absolute Gasteiger partial charge is 0.385 e. The van der Waals surface area contributed by atoms with E-state index in [0.29, 0.717) is 5.41 Å². The quantitative estimate of drug-likeness (QED) is 0.217. The molecule has 154 valence electrons. The fraction of sp³-hybridized carbons (Fsp3) is 0.947. The van der Waals surface area contributed by atoms with Crippen LogP contribution in [0, 0.1) is 5.41 Å². The fourth-order valence-corrected chi connectivity index (χ4v) is 3.94. The van der Waals surface area contributed by atoms with E-state index in [1.54, 1.807) is 7.11 Å². The van der Waals surface area contributed by atoms with Crippen LogP contribution in [0.25, 0.3) is 0 Å². The molecule has 26 heavy (non-hydrogen) atoms. The molecule has 2 rings (SSSR count). The molecule has 2 N–H and O–H groups in total. The summed E-state index contributed by atoms with van der Waals surface area (Å²) in [5, 5.41) is 7.03. The number of ether oxygens (including phenoxy) is 2. The number of hydrogen-bond acceptors (Lipinski definition) is 4. The van der Waals surface area contributed by atoms with Gasteiger partial charge in [0, 0.05) is 46.9 Å². The number of morpholine rings is 1. The summed E-state index contributed by atoms with van der Waals surface area (Å²) in [5.74, 6) is 0.940. The first kappa shape index (κ1) is 23.9. The van der Waals surface area contributed by atoms with Crippen LogP contribution in [-0.4, -0.2) is 77.6 Å². The molecule has 6 nitrogen and oxygen atoms in total. The molecule has 0 aromatic carbocycles. The third-order valence-corrected chi connectivity index (χ3v) is 5.65. The van der Waals surface area contributed by atoms with Crippen molar-refractivity contribution in [3.63, 3.8) is 0 Å². The van der Waals surface area contributed by atoms with Gasteiger partial charge in [-0.1, -0.05) is 12.8 Å². The minimum atomic E-state index is 0. The van der Waals surface area contributed by atoms with Crippen molar-refractivity contribution in [3.8, 4) is 0 Å². The molecule has 1 aliphatic heterocycles. The smallest absolute Gasteiger partial charge is 0.190 e.